The maximum atomic E-state index is 11.6. The molecule has 0 bridgehead atoms. The molecule has 6 heteroatoms. The molecule has 0 radical (unpaired) electrons. The lowest BCUT2D eigenvalue weighted by atomic mass is 10.0. The summed E-state index contributed by atoms with van der Waals surface area (Å²) in [7, 11) is 0. The molecule has 1 aliphatic rings. The lowest BCUT2D eigenvalue weighted by molar-refractivity contribution is -0.125. The van der Waals surface area contributed by atoms with Crippen LogP contribution in [0.15, 0.2) is 12.4 Å². The molecular weight excluding hydrogens is 196 g/mol. The van der Waals surface area contributed by atoms with E-state index < -0.39 is 0 Å². The molecule has 2 atom stereocenters. The number of aromatic amines is 1. The Labute approximate surface area is 87.2 Å². The zero-order valence-corrected chi connectivity index (χ0v) is 8.27. The van der Waals surface area contributed by atoms with E-state index in [0.29, 0.717) is 19.8 Å². The molecule has 0 aliphatic carbocycles. The van der Waals surface area contributed by atoms with Crippen molar-refractivity contribution in [1.29, 1.82) is 0 Å². The molecule has 0 aromatic carbocycles. The molecular formula is C9H14N4O2. The summed E-state index contributed by atoms with van der Waals surface area (Å²) in [4.78, 5) is 18.5. The molecule has 15 heavy (non-hydrogen) atoms. The Balaban J connectivity index is 1.82. The summed E-state index contributed by atoms with van der Waals surface area (Å²) < 4.78 is 5.12. The molecule has 0 saturated carbocycles. The van der Waals surface area contributed by atoms with Gasteiger partial charge < -0.3 is 20.8 Å². The van der Waals surface area contributed by atoms with Crippen LogP contribution in [0.4, 0.5) is 0 Å². The summed E-state index contributed by atoms with van der Waals surface area (Å²) >= 11 is 0. The lowest BCUT2D eigenvalue weighted by Crippen LogP contribution is -2.40. The SMILES string of the molecule is NC1COCC1C(=O)NCc1ncc[nH]1. The molecule has 1 amide bonds. The van der Waals surface area contributed by atoms with Crippen LogP contribution in [0.5, 0.6) is 0 Å². The maximum Gasteiger partial charge on any atom is 0.227 e. The Hall–Kier alpha value is -1.40. The predicted molar refractivity (Wildman–Crippen MR) is 52.7 cm³/mol. The highest BCUT2D eigenvalue weighted by molar-refractivity contribution is 5.79. The third-order valence-electron chi connectivity index (χ3n) is 2.45. The summed E-state index contributed by atoms with van der Waals surface area (Å²) in [6.07, 6.45) is 3.36. The Kier molecular flexibility index (Phi) is 2.98. The van der Waals surface area contributed by atoms with Crippen LogP contribution in [0.25, 0.3) is 0 Å². The molecule has 1 aliphatic heterocycles. The summed E-state index contributed by atoms with van der Waals surface area (Å²) in [5.41, 5.74) is 5.72. The summed E-state index contributed by atoms with van der Waals surface area (Å²) in [5.74, 6) is 0.423. The van der Waals surface area contributed by atoms with E-state index in [9.17, 15) is 4.79 Å². The molecule has 1 saturated heterocycles. The number of nitrogens with one attached hydrogen (secondary N) is 2. The fourth-order valence-corrected chi connectivity index (χ4v) is 1.54. The van der Waals surface area contributed by atoms with Crippen molar-refractivity contribution in [2.45, 2.75) is 12.6 Å². The number of hydrogen-bond acceptors (Lipinski definition) is 4. The molecule has 4 N–H and O–H groups in total. The highest BCUT2D eigenvalue weighted by Gasteiger charge is 2.31. The van der Waals surface area contributed by atoms with Gasteiger partial charge in [0.05, 0.1) is 25.7 Å². The Bertz CT molecular complexity index is 325. The number of carbonyl (C=O) groups excluding carboxylic acids is 1. The van der Waals surface area contributed by atoms with E-state index in [1.807, 2.05) is 0 Å². The van der Waals surface area contributed by atoms with Gasteiger partial charge in [0.15, 0.2) is 0 Å². The monoisotopic (exact) mass is 210 g/mol. The van der Waals surface area contributed by atoms with Crippen LogP contribution in [-0.2, 0) is 16.1 Å². The fourth-order valence-electron chi connectivity index (χ4n) is 1.54. The minimum Gasteiger partial charge on any atom is -0.379 e. The molecule has 1 fully saturated rings. The number of hydrogen-bond donors (Lipinski definition) is 3. The topological polar surface area (TPSA) is 93.0 Å². The maximum absolute atomic E-state index is 11.6. The van der Waals surface area contributed by atoms with Crippen molar-refractivity contribution >= 4 is 5.91 Å². The van der Waals surface area contributed by atoms with Gasteiger partial charge in [-0.05, 0) is 0 Å². The second kappa shape index (κ2) is 4.41. The van der Waals surface area contributed by atoms with E-state index in [1.165, 1.54) is 0 Å². The molecule has 82 valence electrons. The van der Waals surface area contributed by atoms with Crippen molar-refractivity contribution < 1.29 is 9.53 Å². The Morgan fingerprint density at radius 1 is 1.73 bits per heavy atom. The highest BCUT2D eigenvalue weighted by Crippen LogP contribution is 2.11. The van der Waals surface area contributed by atoms with Gasteiger partial charge in [-0.1, -0.05) is 0 Å². The van der Waals surface area contributed by atoms with Gasteiger partial charge >= 0.3 is 0 Å². The van der Waals surface area contributed by atoms with Crippen molar-refractivity contribution in [3.05, 3.63) is 18.2 Å². The highest BCUT2D eigenvalue weighted by atomic mass is 16.5. The van der Waals surface area contributed by atoms with Crippen LogP contribution < -0.4 is 11.1 Å². The number of nitrogens with zero attached hydrogens (tertiary/aromatic N) is 1. The molecule has 1 aromatic heterocycles. The minimum atomic E-state index is -0.236. The average molecular weight is 210 g/mol. The number of H-pyrrole nitrogens is 1. The number of carbonyl (C=O) groups is 1. The van der Waals surface area contributed by atoms with E-state index in [-0.39, 0.29) is 17.9 Å². The van der Waals surface area contributed by atoms with Crippen LogP contribution in [0, 0.1) is 5.92 Å². The first kappa shape index (κ1) is 10.1. The number of rotatable bonds is 3. The summed E-state index contributed by atoms with van der Waals surface area (Å²) in [6.45, 7) is 1.26. The van der Waals surface area contributed by atoms with Gasteiger partial charge in [0.2, 0.25) is 5.91 Å². The Morgan fingerprint density at radius 3 is 3.20 bits per heavy atom. The minimum absolute atomic E-state index is 0.0728. The molecule has 2 unspecified atom stereocenters. The Morgan fingerprint density at radius 2 is 2.60 bits per heavy atom. The van der Waals surface area contributed by atoms with Gasteiger partial charge in [-0.15, -0.1) is 0 Å². The number of ether oxygens (including phenoxy) is 1. The standard InChI is InChI=1S/C9H14N4O2/c10-7-5-15-4-6(7)9(14)13-3-8-11-1-2-12-8/h1-2,6-7H,3-5,10H2,(H,11,12)(H,13,14). The third-order valence-corrected chi connectivity index (χ3v) is 2.45. The van der Waals surface area contributed by atoms with Gasteiger partial charge in [-0.2, -0.15) is 0 Å². The number of nitrogens with two attached hydrogens (primary N) is 1. The van der Waals surface area contributed by atoms with Crippen molar-refractivity contribution in [3.63, 3.8) is 0 Å². The predicted octanol–water partition coefficient (Wildman–Crippen LogP) is -1.00. The van der Waals surface area contributed by atoms with Crippen LogP contribution in [0.1, 0.15) is 5.82 Å². The van der Waals surface area contributed by atoms with Gasteiger partial charge in [0.25, 0.3) is 0 Å². The first-order chi connectivity index (χ1) is 7.27. The van der Waals surface area contributed by atoms with Crippen molar-refractivity contribution in [2.24, 2.45) is 11.7 Å². The van der Waals surface area contributed by atoms with Crippen molar-refractivity contribution in [3.8, 4) is 0 Å². The normalized spacial score (nSPS) is 25.4. The quantitative estimate of drug-likeness (QED) is 0.596. The second-order valence-corrected chi connectivity index (χ2v) is 3.56. The summed E-state index contributed by atoms with van der Waals surface area (Å²) in [5, 5.41) is 2.76. The molecule has 0 spiro atoms. The first-order valence-corrected chi connectivity index (χ1v) is 4.86. The molecule has 1 aromatic rings. The van der Waals surface area contributed by atoms with Gasteiger partial charge in [-0.3, -0.25) is 4.79 Å². The first-order valence-electron chi connectivity index (χ1n) is 4.86. The second-order valence-electron chi connectivity index (χ2n) is 3.56. The molecule has 2 heterocycles. The third kappa shape index (κ3) is 2.34. The fraction of sp³-hybridized carbons (Fsp3) is 0.556. The van der Waals surface area contributed by atoms with Crippen molar-refractivity contribution in [1.82, 2.24) is 15.3 Å². The van der Waals surface area contributed by atoms with E-state index in [0.717, 1.165) is 5.82 Å². The van der Waals surface area contributed by atoms with Crippen LogP contribution in [0.2, 0.25) is 0 Å². The van der Waals surface area contributed by atoms with Crippen LogP contribution in [0.3, 0.4) is 0 Å². The van der Waals surface area contributed by atoms with E-state index in [4.69, 9.17) is 10.5 Å². The zero-order chi connectivity index (χ0) is 10.7. The van der Waals surface area contributed by atoms with E-state index in [1.54, 1.807) is 12.4 Å². The largest absolute Gasteiger partial charge is 0.379 e. The number of aromatic nitrogens is 2. The summed E-state index contributed by atoms with van der Waals surface area (Å²) in [6, 6.07) is -0.193. The van der Waals surface area contributed by atoms with Crippen molar-refractivity contribution in [2.75, 3.05) is 13.2 Å². The average Bonchev–Trinajstić information content (AvgIpc) is 2.84. The van der Waals surface area contributed by atoms with Gasteiger partial charge in [0, 0.05) is 18.4 Å². The molecule has 6 nitrogen and oxygen atoms in total. The smallest absolute Gasteiger partial charge is 0.227 e. The zero-order valence-electron chi connectivity index (χ0n) is 8.27. The van der Waals surface area contributed by atoms with Gasteiger partial charge in [-0.25, -0.2) is 4.98 Å². The van der Waals surface area contributed by atoms with Crippen LogP contribution >= 0.6 is 0 Å². The van der Waals surface area contributed by atoms with E-state index in [2.05, 4.69) is 15.3 Å². The lowest BCUT2D eigenvalue weighted by Gasteiger charge is -2.12. The van der Waals surface area contributed by atoms with E-state index >= 15 is 0 Å². The number of imidazole rings is 1. The van der Waals surface area contributed by atoms with Gasteiger partial charge in [0.1, 0.15) is 5.82 Å². The number of amides is 1. The van der Waals surface area contributed by atoms with Crippen LogP contribution in [-0.4, -0.2) is 35.1 Å². The molecule has 2 rings (SSSR count).